The van der Waals surface area contributed by atoms with Crippen LogP contribution in [0.5, 0.6) is 0 Å². The lowest BCUT2D eigenvalue weighted by Crippen LogP contribution is -2.56. The van der Waals surface area contributed by atoms with Gasteiger partial charge in [-0.25, -0.2) is 0 Å². The average molecular weight is 238 g/mol. The van der Waals surface area contributed by atoms with Gasteiger partial charge in [-0.15, -0.1) is 0 Å². The zero-order valence-corrected chi connectivity index (χ0v) is 11.2. The van der Waals surface area contributed by atoms with Gasteiger partial charge in [0.2, 0.25) is 0 Å². The molecular weight excluding hydrogens is 212 g/mol. The fourth-order valence-corrected chi connectivity index (χ4v) is 4.11. The molecule has 3 aliphatic rings. The van der Waals surface area contributed by atoms with E-state index in [1.165, 1.54) is 45.1 Å². The molecule has 2 bridgehead atoms. The number of fused-ring (bicyclic) bond motifs is 2. The first-order valence-electron chi connectivity index (χ1n) is 7.34. The molecule has 0 aromatic heterocycles. The summed E-state index contributed by atoms with van der Waals surface area (Å²) in [7, 11) is 1.85. The number of rotatable bonds is 4. The molecule has 3 nitrogen and oxygen atoms in total. The summed E-state index contributed by atoms with van der Waals surface area (Å²) in [5, 5.41) is 3.74. The van der Waals surface area contributed by atoms with E-state index in [-0.39, 0.29) is 0 Å². The van der Waals surface area contributed by atoms with Gasteiger partial charge in [-0.3, -0.25) is 4.90 Å². The van der Waals surface area contributed by atoms with E-state index >= 15 is 0 Å². The van der Waals surface area contributed by atoms with Crippen molar-refractivity contribution in [2.24, 2.45) is 0 Å². The molecule has 1 saturated carbocycles. The Balaban J connectivity index is 1.58. The van der Waals surface area contributed by atoms with E-state index in [4.69, 9.17) is 4.74 Å². The van der Waals surface area contributed by atoms with Crippen LogP contribution in [0, 0.1) is 0 Å². The van der Waals surface area contributed by atoms with Crippen LogP contribution in [-0.4, -0.2) is 48.8 Å². The molecule has 3 heteroatoms. The highest BCUT2D eigenvalue weighted by molar-refractivity contribution is 4.99. The van der Waals surface area contributed by atoms with Gasteiger partial charge in [0.15, 0.2) is 0 Å². The van der Waals surface area contributed by atoms with Gasteiger partial charge < -0.3 is 10.1 Å². The molecule has 0 aromatic rings. The zero-order valence-electron chi connectivity index (χ0n) is 11.2. The molecular formula is C14H26N2O. The smallest absolute Gasteiger partial charge is 0.0601 e. The minimum atomic E-state index is 0.535. The van der Waals surface area contributed by atoms with Crippen LogP contribution >= 0.6 is 0 Å². The van der Waals surface area contributed by atoms with Crippen molar-refractivity contribution in [2.45, 2.75) is 75.7 Å². The quantitative estimate of drug-likeness (QED) is 0.808. The molecule has 0 spiro atoms. The molecule has 0 amide bonds. The molecule has 3 rings (SSSR count). The molecule has 2 heterocycles. The van der Waals surface area contributed by atoms with Crippen LogP contribution in [0.2, 0.25) is 0 Å². The van der Waals surface area contributed by atoms with Crippen molar-refractivity contribution in [1.29, 1.82) is 0 Å². The lowest BCUT2D eigenvalue weighted by Gasteiger charge is -2.47. The van der Waals surface area contributed by atoms with Crippen LogP contribution in [-0.2, 0) is 4.74 Å². The number of methoxy groups -OCH3 is 1. The first-order chi connectivity index (χ1) is 8.30. The molecule has 2 saturated heterocycles. The van der Waals surface area contributed by atoms with Gasteiger partial charge in [0.25, 0.3) is 0 Å². The third kappa shape index (κ3) is 2.25. The fourth-order valence-electron chi connectivity index (χ4n) is 4.11. The van der Waals surface area contributed by atoms with Crippen molar-refractivity contribution >= 4 is 0 Å². The first-order valence-corrected chi connectivity index (χ1v) is 7.34. The third-order valence-corrected chi connectivity index (χ3v) is 5.15. The van der Waals surface area contributed by atoms with Gasteiger partial charge in [-0.05, 0) is 45.1 Å². The van der Waals surface area contributed by atoms with Crippen LogP contribution in [0.15, 0.2) is 0 Å². The molecule has 3 fully saturated rings. The Labute approximate surface area is 105 Å². The molecule has 2 aliphatic heterocycles. The molecule has 17 heavy (non-hydrogen) atoms. The fraction of sp³-hybridized carbons (Fsp3) is 1.00. The summed E-state index contributed by atoms with van der Waals surface area (Å²) in [5.74, 6) is 0. The Bertz CT molecular complexity index is 253. The second kappa shape index (κ2) is 4.87. The monoisotopic (exact) mass is 238 g/mol. The van der Waals surface area contributed by atoms with Crippen molar-refractivity contribution in [3.63, 3.8) is 0 Å². The molecule has 2 atom stereocenters. The van der Waals surface area contributed by atoms with Crippen LogP contribution in [0.25, 0.3) is 0 Å². The predicted octanol–water partition coefficient (Wildman–Crippen LogP) is 1.77. The highest BCUT2D eigenvalue weighted by Gasteiger charge is 2.41. The summed E-state index contributed by atoms with van der Waals surface area (Å²) in [6, 6.07) is 3.26. The van der Waals surface area contributed by atoms with E-state index < -0.39 is 0 Å². The maximum Gasteiger partial charge on any atom is 0.0601 e. The summed E-state index contributed by atoms with van der Waals surface area (Å²) >= 11 is 0. The van der Waals surface area contributed by atoms with Gasteiger partial charge >= 0.3 is 0 Å². The maximum absolute atomic E-state index is 5.41. The summed E-state index contributed by atoms with van der Waals surface area (Å²) in [5.41, 5.74) is 0. The zero-order chi connectivity index (χ0) is 11.8. The molecule has 2 unspecified atom stereocenters. The summed E-state index contributed by atoms with van der Waals surface area (Å²) in [4.78, 5) is 2.77. The normalized spacial score (nSPS) is 45.0. The van der Waals surface area contributed by atoms with Gasteiger partial charge in [0, 0.05) is 31.3 Å². The number of nitrogens with one attached hydrogen (secondary N) is 1. The van der Waals surface area contributed by atoms with Crippen molar-refractivity contribution in [3.8, 4) is 0 Å². The van der Waals surface area contributed by atoms with Gasteiger partial charge in [0.1, 0.15) is 0 Å². The van der Waals surface area contributed by atoms with Crippen molar-refractivity contribution in [2.75, 3.05) is 13.7 Å². The van der Waals surface area contributed by atoms with E-state index in [2.05, 4.69) is 17.1 Å². The Kier molecular flexibility index (Phi) is 3.42. The number of hydrogen-bond donors (Lipinski definition) is 1. The van der Waals surface area contributed by atoms with Gasteiger partial charge in [-0.2, -0.15) is 0 Å². The van der Waals surface area contributed by atoms with Crippen LogP contribution in [0.3, 0.4) is 0 Å². The summed E-state index contributed by atoms with van der Waals surface area (Å²) in [6.07, 6.45) is 8.60. The Morgan fingerprint density at radius 3 is 2.18 bits per heavy atom. The molecule has 98 valence electrons. The molecule has 1 aliphatic carbocycles. The third-order valence-electron chi connectivity index (χ3n) is 5.15. The topological polar surface area (TPSA) is 24.5 Å². The Morgan fingerprint density at radius 1 is 1.06 bits per heavy atom. The Morgan fingerprint density at radius 2 is 1.65 bits per heavy atom. The number of hydrogen-bond acceptors (Lipinski definition) is 3. The van der Waals surface area contributed by atoms with E-state index in [0.717, 1.165) is 24.2 Å². The van der Waals surface area contributed by atoms with Crippen LogP contribution in [0.4, 0.5) is 0 Å². The lowest BCUT2D eigenvalue weighted by molar-refractivity contribution is -0.0454. The van der Waals surface area contributed by atoms with Crippen LogP contribution in [0.1, 0.15) is 45.4 Å². The van der Waals surface area contributed by atoms with Gasteiger partial charge in [0.05, 0.1) is 6.10 Å². The summed E-state index contributed by atoms with van der Waals surface area (Å²) in [6.45, 7) is 3.54. The second-order valence-corrected chi connectivity index (χ2v) is 6.08. The predicted molar refractivity (Wildman–Crippen MR) is 69.2 cm³/mol. The van der Waals surface area contributed by atoms with E-state index in [1.807, 2.05) is 7.11 Å². The van der Waals surface area contributed by atoms with Gasteiger partial charge in [-0.1, -0.05) is 6.92 Å². The van der Waals surface area contributed by atoms with Crippen LogP contribution < -0.4 is 5.32 Å². The summed E-state index contributed by atoms with van der Waals surface area (Å²) < 4.78 is 5.41. The minimum absolute atomic E-state index is 0.535. The average Bonchev–Trinajstić information content (AvgIpc) is 2.62. The molecule has 0 aromatic carbocycles. The van der Waals surface area contributed by atoms with Crippen molar-refractivity contribution < 1.29 is 4.74 Å². The van der Waals surface area contributed by atoms with E-state index in [9.17, 15) is 0 Å². The van der Waals surface area contributed by atoms with E-state index in [0.29, 0.717) is 6.10 Å². The highest BCUT2D eigenvalue weighted by Crippen LogP contribution is 2.35. The standard InChI is InChI=1S/C14H26N2O/c1-3-16(13-8-14(9-13)17-2)12-6-10-4-5-11(7-12)15-10/h10-15H,3-9H2,1-2H3. The van der Waals surface area contributed by atoms with E-state index in [1.54, 1.807) is 0 Å². The number of nitrogens with zero attached hydrogens (tertiary/aromatic N) is 1. The lowest BCUT2D eigenvalue weighted by atomic mass is 9.85. The molecule has 1 N–H and O–H groups in total. The first kappa shape index (κ1) is 11.9. The second-order valence-electron chi connectivity index (χ2n) is 6.08. The van der Waals surface area contributed by atoms with Crippen molar-refractivity contribution in [1.82, 2.24) is 10.2 Å². The maximum atomic E-state index is 5.41. The SMILES string of the molecule is CCN(C1CC2CCC(C1)N2)C1CC(OC)C1. The largest absolute Gasteiger partial charge is 0.381 e. The van der Waals surface area contributed by atoms with Crippen molar-refractivity contribution in [3.05, 3.63) is 0 Å². The number of piperidine rings is 1. The highest BCUT2D eigenvalue weighted by atomic mass is 16.5. The Hall–Kier alpha value is -0.120. The molecule has 0 radical (unpaired) electrons. The minimum Gasteiger partial charge on any atom is -0.381 e. The number of ether oxygens (including phenoxy) is 1.